The maximum Gasteiger partial charge on any atom is 0.282 e. The fourth-order valence-corrected chi connectivity index (χ4v) is 2.17. The molecule has 2 aromatic carbocycles. The number of hydrogen-bond acceptors (Lipinski definition) is 4. The number of aromatic hydroxyl groups is 1. The molecule has 0 heterocycles. The van der Waals surface area contributed by atoms with Gasteiger partial charge >= 0.3 is 0 Å². The molecule has 0 aliphatic heterocycles. The number of carbonyl (C=O) groups is 1. The van der Waals surface area contributed by atoms with Crippen LogP contribution in [0.15, 0.2) is 36.4 Å². The molecule has 6 nitrogen and oxygen atoms in total. The van der Waals surface area contributed by atoms with Crippen LogP contribution in [-0.4, -0.2) is 15.9 Å². The highest BCUT2D eigenvalue weighted by Crippen LogP contribution is 2.35. The number of rotatable bonds is 3. The third-order valence-corrected chi connectivity index (χ3v) is 3.13. The zero-order valence-electron chi connectivity index (χ0n) is 10.3. The third kappa shape index (κ3) is 3.24. The molecule has 0 aliphatic carbocycles. The molecule has 2 rings (SSSR count). The summed E-state index contributed by atoms with van der Waals surface area (Å²) in [6, 6.07) is 8.04. The molecule has 2 aromatic rings. The van der Waals surface area contributed by atoms with Crippen molar-refractivity contribution in [3.8, 4) is 5.75 Å². The van der Waals surface area contributed by atoms with Crippen LogP contribution in [0.25, 0.3) is 0 Å². The lowest BCUT2D eigenvalue weighted by Gasteiger charge is -2.09. The van der Waals surface area contributed by atoms with Gasteiger partial charge < -0.3 is 10.4 Å². The Bertz CT molecular complexity index is 734. The lowest BCUT2D eigenvalue weighted by atomic mass is 10.1. The van der Waals surface area contributed by atoms with E-state index in [4.69, 9.17) is 23.2 Å². The van der Waals surface area contributed by atoms with Crippen molar-refractivity contribution in [3.05, 3.63) is 62.1 Å². The van der Waals surface area contributed by atoms with Gasteiger partial charge in [-0.3, -0.25) is 14.9 Å². The number of anilines is 1. The van der Waals surface area contributed by atoms with Gasteiger partial charge in [0.1, 0.15) is 5.56 Å². The van der Waals surface area contributed by atoms with Crippen LogP contribution in [0.4, 0.5) is 11.4 Å². The lowest BCUT2D eigenvalue weighted by molar-refractivity contribution is -0.385. The molecule has 0 bridgehead atoms. The Kier molecular flexibility index (Phi) is 4.30. The van der Waals surface area contributed by atoms with E-state index in [-0.39, 0.29) is 32.7 Å². The Labute approximate surface area is 129 Å². The van der Waals surface area contributed by atoms with E-state index in [0.717, 1.165) is 0 Å². The van der Waals surface area contributed by atoms with Gasteiger partial charge in [-0.05, 0) is 18.2 Å². The molecule has 0 aliphatic rings. The third-order valence-electron chi connectivity index (χ3n) is 2.62. The lowest BCUT2D eigenvalue weighted by Crippen LogP contribution is -2.14. The summed E-state index contributed by atoms with van der Waals surface area (Å²) in [4.78, 5) is 22.3. The first-order chi connectivity index (χ1) is 9.90. The average molecular weight is 327 g/mol. The molecule has 0 saturated heterocycles. The molecule has 0 atom stereocenters. The zero-order chi connectivity index (χ0) is 15.6. The number of nitrogens with one attached hydrogen (secondary N) is 1. The van der Waals surface area contributed by atoms with Gasteiger partial charge in [0.05, 0.1) is 15.6 Å². The summed E-state index contributed by atoms with van der Waals surface area (Å²) in [5.74, 6) is -1.12. The minimum absolute atomic E-state index is 0.0318. The summed E-state index contributed by atoms with van der Waals surface area (Å²) in [5, 5.41) is 23.1. The second-order valence-corrected chi connectivity index (χ2v) is 4.86. The zero-order valence-corrected chi connectivity index (χ0v) is 11.9. The van der Waals surface area contributed by atoms with Crippen molar-refractivity contribution >= 4 is 40.5 Å². The number of halogens is 2. The number of benzene rings is 2. The van der Waals surface area contributed by atoms with Crippen LogP contribution >= 0.6 is 23.2 Å². The Morgan fingerprint density at radius 3 is 2.57 bits per heavy atom. The number of amides is 1. The topological polar surface area (TPSA) is 92.5 Å². The molecular weight excluding hydrogens is 319 g/mol. The van der Waals surface area contributed by atoms with Crippen molar-refractivity contribution in [3.63, 3.8) is 0 Å². The van der Waals surface area contributed by atoms with Crippen LogP contribution in [-0.2, 0) is 0 Å². The van der Waals surface area contributed by atoms with Crippen LogP contribution in [0.2, 0.25) is 10.0 Å². The van der Waals surface area contributed by atoms with Gasteiger partial charge in [-0.25, -0.2) is 0 Å². The maximum absolute atomic E-state index is 12.1. The van der Waals surface area contributed by atoms with E-state index in [1.54, 1.807) is 0 Å². The van der Waals surface area contributed by atoms with Gasteiger partial charge in [-0.1, -0.05) is 35.3 Å². The normalized spacial score (nSPS) is 10.2. The predicted molar refractivity (Wildman–Crippen MR) is 79.2 cm³/mol. The number of phenolic OH excluding ortho intramolecular Hbond substituents is 1. The standard InChI is InChI=1S/C13H8Cl2N2O4/c14-7-5-9(15)12(18)10(6-7)16-13(19)8-3-1-2-4-11(8)17(20)21/h1-6,18H,(H,16,19). The molecule has 0 spiro atoms. The molecule has 108 valence electrons. The van der Waals surface area contributed by atoms with E-state index < -0.39 is 10.8 Å². The Morgan fingerprint density at radius 2 is 1.90 bits per heavy atom. The van der Waals surface area contributed by atoms with Crippen molar-refractivity contribution in [2.24, 2.45) is 0 Å². The molecule has 1 amide bonds. The highest BCUT2D eigenvalue weighted by Gasteiger charge is 2.20. The summed E-state index contributed by atoms with van der Waals surface area (Å²) in [7, 11) is 0. The highest BCUT2D eigenvalue weighted by molar-refractivity contribution is 6.36. The van der Waals surface area contributed by atoms with Crippen LogP contribution in [0, 0.1) is 10.1 Å². The predicted octanol–water partition coefficient (Wildman–Crippen LogP) is 3.86. The van der Waals surface area contributed by atoms with E-state index in [2.05, 4.69) is 5.32 Å². The molecule has 8 heteroatoms. The highest BCUT2D eigenvalue weighted by atomic mass is 35.5. The van der Waals surface area contributed by atoms with E-state index in [0.29, 0.717) is 0 Å². The first-order valence-corrected chi connectivity index (χ1v) is 6.38. The second-order valence-electron chi connectivity index (χ2n) is 4.01. The summed E-state index contributed by atoms with van der Waals surface area (Å²) < 4.78 is 0. The monoisotopic (exact) mass is 326 g/mol. The van der Waals surface area contributed by atoms with Crippen LogP contribution in [0.1, 0.15) is 10.4 Å². The fraction of sp³-hybridized carbons (Fsp3) is 0. The van der Waals surface area contributed by atoms with Crippen molar-refractivity contribution in [1.82, 2.24) is 0 Å². The van der Waals surface area contributed by atoms with E-state index in [1.165, 1.54) is 36.4 Å². The maximum atomic E-state index is 12.1. The Hall–Kier alpha value is -2.31. The molecule has 0 fully saturated rings. The number of hydrogen-bond donors (Lipinski definition) is 2. The van der Waals surface area contributed by atoms with Crippen molar-refractivity contribution in [2.45, 2.75) is 0 Å². The molecule has 0 aromatic heterocycles. The molecule has 21 heavy (non-hydrogen) atoms. The van der Waals surface area contributed by atoms with E-state index in [9.17, 15) is 20.0 Å². The molecule has 0 unspecified atom stereocenters. The van der Waals surface area contributed by atoms with Gasteiger partial charge in [-0.2, -0.15) is 0 Å². The van der Waals surface area contributed by atoms with Gasteiger partial charge in [0.25, 0.3) is 11.6 Å². The number of nitro benzene ring substituents is 1. The minimum atomic E-state index is -0.754. The minimum Gasteiger partial charge on any atom is -0.504 e. The van der Waals surface area contributed by atoms with Crippen LogP contribution < -0.4 is 5.32 Å². The Morgan fingerprint density at radius 1 is 1.24 bits per heavy atom. The van der Waals surface area contributed by atoms with Gasteiger partial charge in [0.2, 0.25) is 0 Å². The van der Waals surface area contributed by atoms with Crippen LogP contribution in [0.5, 0.6) is 5.75 Å². The smallest absolute Gasteiger partial charge is 0.282 e. The van der Waals surface area contributed by atoms with Gasteiger partial charge in [0.15, 0.2) is 5.75 Å². The van der Waals surface area contributed by atoms with Crippen molar-refractivity contribution in [2.75, 3.05) is 5.32 Å². The van der Waals surface area contributed by atoms with Gasteiger partial charge in [-0.15, -0.1) is 0 Å². The number of nitrogens with zero attached hydrogens (tertiary/aromatic N) is 1. The number of phenols is 1. The number of para-hydroxylation sites is 1. The number of carbonyl (C=O) groups excluding carboxylic acids is 1. The largest absolute Gasteiger partial charge is 0.504 e. The van der Waals surface area contributed by atoms with Gasteiger partial charge in [0, 0.05) is 11.1 Å². The summed E-state index contributed by atoms with van der Waals surface area (Å²) in [5.41, 5.74) is -0.517. The van der Waals surface area contributed by atoms with Crippen molar-refractivity contribution in [1.29, 1.82) is 0 Å². The van der Waals surface area contributed by atoms with Crippen molar-refractivity contribution < 1.29 is 14.8 Å². The van der Waals surface area contributed by atoms with Crippen LogP contribution in [0.3, 0.4) is 0 Å². The summed E-state index contributed by atoms with van der Waals surface area (Å²) in [6.45, 7) is 0. The summed E-state index contributed by atoms with van der Waals surface area (Å²) >= 11 is 11.5. The fourth-order valence-electron chi connectivity index (χ4n) is 1.68. The van der Waals surface area contributed by atoms with E-state index in [1.807, 2.05) is 0 Å². The SMILES string of the molecule is O=C(Nc1cc(Cl)cc(Cl)c1O)c1ccccc1[N+](=O)[O-]. The molecule has 0 saturated carbocycles. The second kappa shape index (κ2) is 5.99. The average Bonchev–Trinajstić information content (AvgIpc) is 2.44. The Balaban J connectivity index is 2.38. The first kappa shape index (κ1) is 15.1. The number of nitro groups is 1. The first-order valence-electron chi connectivity index (χ1n) is 5.63. The quantitative estimate of drug-likeness (QED) is 0.508. The van der Waals surface area contributed by atoms with E-state index >= 15 is 0 Å². The molecular formula is C13H8Cl2N2O4. The summed E-state index contributed by atoms with van der Waals surface area (Å²) in [6.07, 6.45) is 0. The molecule has 2 N–H and O–H groups in total. The molecule has 0 radical (unpaired) electrons.